The van der Waals surface area contributed by atoms with Gasteiger partial charge < -0.3 is 5.73 Å². The molecule has 2 rings (SSSR count). The van der Waals surface area contributed by atoms with Crippen molar-refractivity contribution in [1.82, 2.24) is 0 Å². The van der Waals surface area contributed by atoms with E-state index in [4.69, 9.17) is 5.73 Å². The third kappa shape index (κ3) is 1.49. The van der Waals surface area contributed by atoms with Crippen molar-refractivity contribution < 1.29 is 0 Å². The zero-order valence-electron chi connectivity index (χ0n) is 8.43. The fourth-order valence-corrected chi connectivity index (χ4v) is 2.11. The van der Waals surface area contributed by atoms with Crippen LogP contribution in [0.5, 0.6) is 0 Å². The lowest BCUT2D eigenvalue weighted by Crippen LogP contribution is -2.43. The molecule has 0 heterocycles. The highest BCUT2D eigenvalue weighted by molar-refractivity contribution is 5.34. The molecule has 1 aromatic carbocycles. The third-order valence-electron chi connectivity index (χ3n) is 3.04. The summed E-state index contributed by atoms with van der Waals surface area (Å²) in [5.74, 6) is 0. The van der Waals surface area contributed by atoms with Crippen LogP contribution in [0.4, 0.5) is 0 Å². The lowest BCUT2D eigenvalue weighted by Gasteiger charge is -2.39. The summed E-state index contributed by atoms with van der Waals surface area (Å²) in [7, 11) is 0. The highest BCUT2D eigenvalue weighted by Crippen LogP contribution is 2.39. The van der Waals surface area contributed by atoms with E-state index in [0.29, 0.717) is 0 Å². The van der Waals surface area contributed by atoms with E-state index in [-0.39, 0.29) is 5.54 Å². The van der Waals surface area contributed by atoms with Gasteiger partial charge in [0, 0.05) is 5.54 Å². The van der Waals surface area contributed by atoms with Gasteiger partial charge in [0.2, 0.25) is 0 Å². The van der Waals surface area contributed by atoms with Crippen molar-refractivity contribution in [2.75, 3.05) is 0 Å². The molecular weight excluding hydrogens is 158 g/mol. The first kappa shape index (κ1) is 8.76. The molecule has 2 N–H and O–H groups in total. The second-order valence-electron chi connectivity index (χ2n) is 4.39. The Balaban J connectivity index is 2.39. The van der Waals surface area contributed by atoms with E-state index >= 15 is 0 Å². The summed E-state index contributed by atoms with van der Waals surface area (Å²) in [6.45, 7) is 4.27. The smallest absolute Gasteiger partial charge is 0.0409 e. The fraction of sp³-hybridized carbons (Fsp3) is 0.500. The van der Waals surface area contributed by atoms with E-state index in [0.717, 1.165) is 12.8 Å². The summed E-state index contributed by atoms with van der Waals surface area (Å²) < 4.78 is 0. The van der Waals surface area contributed by atoms with Crippen molar-refractivity contribution in [3.8, 4) is 0 Å². The van der Waals surface area contributed by atoms with Gasteiger partial charge in [0.25, 0.3) is 0 Å². The van der Waals surface area contributed by atoms with Gasteiger partial charge in [-0.2, -0.15) is 0 Å². The Bertz CT molecular complexity index is 304. The molecule has 70 valence electrons. The van der Waals surface area contributed by atoms with Crippen molar-refractivity contribution >= 4 is 0 Å². The van der Waals surface area contributed by atoms with Crippen LogP contribution < -0.4 is 5.73 Å². The molecule has 1 aromatic rings. The Kier molecular flexibility index (Phi) is 1.92. The van der Waals surface area contributed by atoms with Gasteiger partial charge in [0.1, 0.15) is 0 Å². The zero-order chi connectivity index (χ0) is 9.47. The SMILES string of the molecule is Cc1cc(C)cc(C2(N)CCC2)c1. The number of benzene rings is 1. The Morgan fingerprint density at radius 1 is 1.08 bits per heavy atom. The monoisotopic (exact) mass is 175 g/mol. The standard InChI is InChI=1S/C12H17N/c1-9-6-10(2)8-11(7-9)12(13)4-3-5-12/h6-8H,3-5,13H2,1-2H3. The minimum atomic E-state index is -0.00319. The predicted molar refractivity (Wildman–Crippen MR) is 55.6 cm³/mol. The summed E-state index contributed by atoms with van der Waals surface area (Å²) in [6.07, 6.45) is 3.58. The molecule has 0 aromatic heterocycles. The predicted octanol–water partition coefficient (Wildman–Crippen LogP) is 2.64. The molecule has 1 fully saturated rings. The van der Waals surface area contributed by atoms with E-state index in [1.165, 1.54) is 23.1 Å². The molecular formula is C12H17N. The van der Waals surface area contributed by atoms with E-state index in [2.05, 4.69) is 32.0 Å². The fourth-order valence-electron chi connectivity index (χ4n) is 2.11. The van der Waals surface area contributed by atoms with E-state index in [1.807, 2.05) is 0 Å². The lowest BCUT2D eigenvalue weighted by molar-refractivity contribution is 0.253. The zero-order valence-corrected chi connectivity index (χ0v) is 8.43. The minimum absolute atomic E-state index is 0.00319. The molecule has 1 saturated carbocycles. The van der Waals surface area contributed by atoms with Crippen LogP contribution in [-0.4, -0.2) is 0 Å². The summed E-state index contributed by atoms with van der Waals surface area (Å²) in [5.41, 5.74) is 10.2. The van der Waals surface area contributed by atoms with Crippen molar-refractivity contribution in [2.24, 2.45) is 5.73 Å². The Labute approximate surface area is 80.0 Å². The van der Waals surface area contributed by atoms with Crippen molar-refractivity contribution in [2.45, 2.75) is 38.6 Å². The van der Waals surface area contributed by atoms with Gasteiger partial charge in [-0.15, -0.1) is 0 Å². The maximum atomic E-state index is 6.26. The van der Waals surface area contributed by atoms with E-state index in [1.54, 1.807) is 0 Å². The van der Waals surface area contributed by atoms with E-state index in [9.17, 15) is 0 Å². The summed E-state index contributed by atoms with van der Waals surface area (Å²) in [6, 6.07) is 6.66. The second kappa shape index (κ2) is 2.85. The van der Waals surface area contributed by atoms with Crippen LogP contribution in [-0.2, 0) is 5.54 Å². The molecule has 0 amide bonds. The highest BCUT2D eigenvalue weighted by atomic mass is 14.8. The third-order valence-corrected chi connectivity index (χ3v) is 3.04. The van der Waals surface area contributed by atoms with Crippen LogP contribution in [0.3, 0.4) is 0 Å². The maximum absolute atomic E-state index is 6.26. The molecule has 1 aliphatic rings. The van der Waals surface area contributed by atoms with Crippen LogP contribution in [0.15, 0.2) is 18.2 Å². The number of nitrogens with two attached hydrogens (primary N) is 1. The first-order valence-corrected chi connectivity index (χ1v) is 4.98. The number of aryl methyl sites for hydroxylation is 2. The van der Waals surface area contributed by atoms with Crippen LogP contribution in [0.1, 0.15) is 36.0 Å². The first-order valence-electron chi connectivity index (χ1n) is 4.98. The van der Waals surface area contributed by atoms with Crippen molar-refractivity contribution in [3.63, 3.8) is 0 Å². The largest absolute Gasteiger partial charge is 0.321 e. The van der Waals surface area contributed by atoms with Crippen LogP contribution in [0.25, 0.3) is 0 Å². The second-order valence-corrected chi connectivity index (χ2v) is 4.39. The molecule has 0 spiro atoms. The van der Waals surface area contributed by atoms with Gasteiger partial charge in [-0.05, 0) is 38.7 Å². The molecule has 0 atom stereocenters. The highest BCUT2D eigenvalue weighted by Gasteiger charge is 2.34. The summed E-state index contributed by atoms with van der Waals surface area (Å²) >= 11 is 0. The quantitative estimate of drug-likeness (QED) is 0.697. The minimum Gasteiger partial charge on any atom is -0.321 e. The average Bonchev–Trinajstić information content (AvgIpc) is 1.98. The first-order chi connectivity index (χ1) is 6.10. The molecule has 1 heteroatoms. The number of hydrogen-bond acceptors (Lipinski definition) is 1. The number of rotatable bonds is 1. The Morgan fingerprint density at radius 2 is 1.62 bits per heavy atom. The van der Waals surface area contributed by atoms with Crippen LogP contribution >= 0.6 is 0 Å². The normalized spacial score (nSPS) is 19.6. The van der Waals surface area contributed by atoms with E-state index < -0.39 is 0 Å². The molecule has 13 heavy (non-hydrogen) atoms. The average molecular weight is 175 g/mol. The molecule has 0 radical (unpaired) electrons. The van der Waals surface area contributed by atoms with Gasteiger partial charge >= 0.3 is 0 Å². The molecule has 0 aliphatic heterocycles. The Hall–Kier alpha value is -0.820. The van der Waals surface area contributed by atoms with Gasteiger partial charge in [-0.3, -0.25) is 0 Å². The summed E-state index contributed by atoms with van der Waals surface area (Å²) in [5, 5.41) is 0. The van der Waals surface area contributed by atoms with Gasteiger partial charge in [0.15, 0.2) is 0 Å². The molecule has 0 bridgehead atoms. The number of hydrogen-bond donors (Lipinski definition) is 1. The molecule has 0 saturated heterocycles. The molecule has 0 unspecified atom stereocenters. The molecule has 1 nitrogen and oxygen atoms in total. The van der Waals surface area contributed by atoms with Crippen LogP contribution in [0, 0.1) is 13.8 Å². The van der Waals surface area contributed by atoms with Crippen LogP contribution in [0.2, 0.25) is 0 Å². The molecule has 1 aliphatic carbocycles. The maximum Gasteiger partial charge on any atom is 0.0409 e. The topological polar surface area (TPSA) is 26.0 Å². The summed E-state index contributed by atoms with van der Waals surface area (Å²) in [4.78, 5) is 0. The Morgan fingerprint density at radius 3 is 2.00 bits per heavy atom. The lowest BCUT2D eigenvalue weighted by atomic mass is 9.72. The van der Waals surface area contributed by atoms with Gasteiger partial charge in [-0.1, -0.05) is 29.3 Å². The van der Waals surface area contributed by atoms with Gasteiger partial charge in [0.05, 0.1) is 0 Å². The van der Waals surface area contributed by atoms with Gasteiger partial charge in [-0.25, -0.2) is 0 Å². The van der Waals surface area contributed by atoms with Crippen molar-refractivity contribution in [1.29, 1.82) is 0 Å². The van der Waals surface area contributed by atoms with Crippen molar-refractivity contribution in [3.05, 3.63) is 34.9 Å².